The monoisotopic (exact) mass is 213 g/mol. The van der Waals surface area contributed by atoms with Gasteiger partial charge in [0.15, 0.2) is 0 Å². The normalized spacial score (nSPS) is 12.4. The number of aromatic nitrogens is 1. The first-order valence-corrected chi connectivity index (χ1v) is 6.91. The lowest BCUT2D eigenvalue weighted by Crippen LogP contribution is -2.53. The molecule has 1 aromatic heterocycles. The van der Waals surface area contributed by atoms with Crippen molar-refractivity contribution in [1.29, 1.82) is 0 Å². The van der Waals surface area contributed by atoms with Gasteiger partial charge in [-0.3, -0.25) is 0 Å². The van der Waals surface area contributed by atoms with Crippen molar-refractivity contribution in [3.8, 4) is 0 Å². The summed E-state index contributed by atoms with van der Waals surface area (Å²) in [4.78, 5) is 3.20. The molecule has 0 saturated carbocycles. The molecule has 1 aromatic rings. The van der Waals surface area contributed by atoms with Crippen molar-refractivity contribution >= 4 is 13.9 Å². The summed E-state index contributed by atoms with van der Waals surface area (Å²) < 4.78 is 11.3. The first kappa shape index (κ1) is 11.5. The van der Waals surface area contributed by atoms with Gasteiger partial charge in [0.05, 0.1) is 5.32 Å². The molecule has 1 N–H and O–H groups in total. The zero-order valence-electron chi connectivity index (χ0n) is 9.33. The minimum atomic E-state index is -2.19. The molecule has 1 heterocycles. The smallest absolute Gasteiger partial charge is 0.388 e. The van der Waals surface area contributed by atoms with E-state index in [-0.39, 0.29) is 0 Å². The third kappa shape index (κ3) is 2.26. The maximum Gasteiger partial charge on any atom is 0.388 e. The Morgan fingerprint density at radius 3 is 2.36 bits per heavy atom. The fraction of sp³-hybridized carbons (Fsp3) is 0.600. The van der Waals surface area contributed by atoms with Crippen LogP contribution in [0.1, 0.15) is 13.8 Å². The molecule has 0 aliphatic heterocycles. The second kappa shape index (κ2) is 4.77. The third-order valence-electron chi connectivity index (χ3n) is 2.34. The molecule has 0 aromatic carbocycles. The highest BCUT2D eigenvalue weighted by atomic mass is 28.4. The summed E-state index contributed by atoms with van der Waals surface area (Å²) in [6.07, 6.45) is 1.91. The lowest BCUT2D eigenvalue weighted by Gasteiger charge is -2.27. The Morgan fingerprint density at radius 2 is 2.00 bits per heavy atom. The van der Waals surface area contributed by atoms with E-state index in [0.717, 1.165) is 11.4 Å². The van der Waals surface area contributed by atoms with Gasteiger partial charge in [0, 0.05) is 20.4 Å². The molecule has 0 aliphatic carbocycles. The summed E-state index contributed by atoms with van der Waals surface area (Å²) in [5.74, 6) is 0.574. The molecule has 80 valence electrons. The topological polar surface area (TPSA) is 34.2 Å². The van der Waals surface area contributed by atoms with Gasteiger partial charge in [0.2, 0.25) is 0 Å². The molecule has 0 saturated heterocycles. The van der Waals surface area contributed by atoms with Gasteiger partial charge in [-0.1, -0.05) is 13.8 Å². The van der Waals surface area contributed by atoms with E-state index in [1.54, 1.807) is 14.2 Å². The number of rotatable bonds is 5. The SMILES string of the molecule is CO[Si](CC(C)C)(OC)c1ccc[nH]1. The molecular formula is C10H19NO2Si. The zero-order valence-corrected chi connectivity index (χ0v) is 10.3. The summed E-state index contributed by atoms with van der Waals surface area (Å²) in [5.41, 5.74) is 0. The summed E-state index contributed by atoms with van der Waals surface area (Å²) in [5, 5.41) is 1.11. The van der Waals surface area contributed by atoms with Gasteiger partial charge in [-0.05, 0) is 24.1 Å². The van der Waals surface area contributed by atoms with E-state index < -0.39 is 8.56 Å². The molecule has 0 unspecified atom stereocenters. The van der Waals surface area contributed by atoms with Crippen molar-refractivity contribution in [1.82, 2.24) is 4.98 Å². The molecule has 0 spiro atoms. The summed E-state index contributed by atoms with van der Waals surface area (Å²) in [6, 6.07) is 5.00. The second-order valence-corrected chi connectivity index (χ2v) is 7.11. The molecule has 1 rings (SSSR count). The van der Waals surface area contributed by atoms with E-state index >= 15 is 0 Å². The Hall–Kier alpha value is -0.583. The number of hydrogen-bond acceptors (Lipinski definition) is 2. The van der Waals surface area contributed by atoms with Crippen LogP contribution in [0.3, 0.4) is 0 Å². The molecule has 3 nitrogen and oxygen atoms in total. The van der Waals surface area contributed by atoms with Crippen LogP contribution in [-0.2, 0) is 8.85 Å². The van der Waals surface area contributed by atoms with Crippen LogP contribution in [0.25, 0.3) is 0 Å². The van der Waals surface area contributed by atoms with Gasteiger partial charge in [0.25, 0.3) is 0 Å². The minimum absolute atomic E-state index is 0.574. The van der Waals surface area contributed by atoms with Crippen molar-refractivity contribution in [2.45, 2.75) is 19.9 Å². The Kier molecular flexibility index (Phi) is 3.92. The largest absolute Gasteiger partial charge is 0.394 e. The van der Waals surface area contributed by atoms with Crippen LogP contribution >= 0.6 is 0 Å². The van der Waals surface area contributed by atoms with Crippen LogP contribution in [0.15, 0.2) is 18.3 Å². The predicted octanol–water partition coefficient (Wildman–Crippen LogP) is 1.61. The van der Waals surface area contributed by atoms with E-state index in [2.05, 4.69) is 18.8 Å². The molecule has 0 aliphatic rings. The van der Waals surface area contributed by atoms with Crippen LogP contribution in [0.5, 0.6) is 0 Å². The summed E-state index contributed by atoms with van der Waals surface area (Å²) in [6.45, 7) is 4.37. The average Bonchev–Trinajstić information content (AvgIpc) is 2.67. The molecular weight excluding hydrogens is 194 g/mol. The van der Waals surface area contributed by atoms with Crippen molar-refractivity contribution < 1.29 is 8.85 Å². The highest BCUT2D eigenvalue weighted by molar-refractivity contribution is 6.80. The number of hydrogen-bond donors (Lipinski definition) is 1. The van der Waals surface area contributed by atoms with Crippen LogP contribution < -0.4 is 5.32 Å². The van der Waals surface area contributed by atoms with Gasteiger partial charge < -0.3 is 13.8 Å². The molecule has 0 atom stereocenters. The van der Waals surface area contributed by atoms with Gasteiger partial charge in [0.1, 0.15) is 0 Å². The lowest BCUT2D eigenvalue weighted by atomic mass is 10.3. The van der Waals surface area contributed by atoms with Crippen molar-refractivity contribution in [3.05, 3.63) is 18.3 Å². The number of H-pyrrole nitrogens is 1. The van der Waals surface area contributed by atoms with Crippen molar-refractivity contribution in [3.63, 3.8) is 0 Å². The van der Waals surface area contributed by atoms with Crippen LogP contribution in [-0.4, -0.2) is 27.8 Å². The van der Waals surface area contributed by atoms with Crippen molar-refractivity contribution in [2.75, 3.05) is 14.2 Å². The maximum absolute atomic E-state index is 5.63. The first-order chi connectivity index (χ1) is 6.64. The molecule has 0 bridgehead atoms. The van der Waals surface area contributed by atoms with Crippen LogP contribution in [0.2, 0.25) is 6.04 Å². The number of nitrogens with one attached hydrogen (secondary N) is 1. The quantitative estimate of drug-likeness (QED) is 0.754. The fourth-order valence-electron chi connectivity index (χ4n) is 1.68. The Morgan fingerprint density at radius 1 is 1.36 bits per heavy atom. The molecule has 14 heavy (non-hydrogen) atoms. The Bertz CT molecular complexity index is 255. The molecule has 4 heteroatoms. The molecule has 0 amide bonds. The average molecular weight is 213 g/mol. The summed E-state index contributed by atoms with van der Waals surface area (Å²) in [7, 11) is 1.28. The second-order valence-electron chi connectivity index (χ2n) is 3.84. The molecule has 0 radical (unpaired) electrons. The lowest BCUT2D eigenvalue weighted by molar-refractivity contribution is 0.251. The van der Waals surface area contributed by atoms with Crippen LogP contribution in [0.4, 0.5) is 0 Å². The highest BCUT2D eigenvalue weighted by Crippen LogP contribution is 2.17. The van der Waals surface area contributed by atoms with E-state index in [0.29, 0.717) is 5.92 Å². The molecule has 0 fully saturated rings. The third-order valence-corrected chi connectivity index (χ3v) is 6.15. The first-order valence-electron chi connectivity index (χ1n) is 4.89. The van der Waals surface area contributed by atoms with E-state index in [4.69, 9.17) is 8.85 Å². The van der Waals surface area contributed by atoms with E-state index in [9.17, 15) is 0 Å². The van der Waals surface area contributed by atoms with E-state index in [1.165, 1.54) is 0 Å². The van der Waals surface area contributed by atoms with Gasteiger partial charge >= 0.3 is 8.56 Å². The van der Waals surface area contributed by atoms with Crippen LogP contribution in [0, 0.1) is 5.92 Å². The zero-order chi connectivity index (χ0) is 10.6. The minimum Gasteiger partial charge on any atom is -0.394 e. The van der Waals surface area contributed by atoms with Gasteiger partial charge in [-0.25, -0.2) is 0 Å². The summed E-state index contributed by atoms with van der Waals surface area (Å²) >= 11 is 0. The Labute approximate surface area is 86.7 Å². The standard InChI is InChI=1S/C10H19NO2Si/c1-9(2)8-14(12-3,13-4)10-6-5-7-11-10/h5-7,9,11H,8H2,1-4H3. The maximum atomic E-state index is 5.63. The number of aromatic amines is 1. The predicted molar refractivity (Wildman–Crippen MR) is 59.8 cm³/mol. The van der Waals surface area contributed by atoms with Gasteiger partial charge in [-0.2, -0.15) is 0 Å². The van der Waals surface area contributed by atoms with Gasteiger partial charge in [-0.15, -0.1) is 0 Å². The fourth-order valence-corrected chi connectivity index (χ4v) is 4.57. The highest BCUT2D eigenvalue weighted by Gasteiger charge is 2.39. The van der Waals surface area contributed by atoms with Crippen molar-refractivity contribution in [2.24, 2.45) is 5.92 Å². The van der Waals surface area contributed by atoms with E-state index in [1.807, 2.05) is 18.3 Å². The Balaban J connectivity index is 2.91.